The highest BCUT2D eigenvalue weighted by Crippen LogP contribution is 2.20. The van der Waals surface area contributed by atoms with Crippen LogP contribution in [-0.2, 0) is 21.3 Å². The zero-order chi connectivity index (χ0) is 15.6. The Morgan fingerprint density at radius 3 is 2.67 bits per heavy atom. The van der Waals surface area contributed by atoms with Gasteiger partial charge in [-0.25, -0.2) is 9.78 Å². The summed E-state index contributed by atoms with van der Waals surface area (Å²) >= 11 is 0. The molecule has 0 radical (unpaired) electrons. The molecule has 1 aliphatic rings. The van der Waals surface area contributed by atoms with Crippen LogP contribution in [0.2, 0.25) is 0 Å². The minimum Gasteiger partial charge on any atom is -0.289 e. The Labute approximate surface area is 119 Å². The summed E-state index contributed by atoms with van der Waals surface area (Å²) in [6.45, 7) is 0.0353. The third kappa shape index (κ3) is 3.95. The molecule has 1 aromatic rings. The molecule has 114 valence electrons. The van der Waals surface area contributed by atoms with Gasteiger partial charge in [0.25, 0.3) is 10.1 Å². The van der Waals surface area contributed by atoms with E-state index in [-0.39, 0.29) is 30.8 Å². The lowest BCUT2D eigenvalue weighted by atomic mass is 10.2. The second-order valence-corrected chi connectivity index (χ2v) is 5.98. The molecule has 1 aliphatic heterocycles. The second-order valence-electron chi connectivity index (χ2n) is 4.40. The van der Waals surface area contributed by atoms with Gasteiger partial charge in [0.2, 0.25) is 11.9 Å². The molecule has 0 aliphatic carbocycles. The van der Waals surface area contributed by atoms with Gasteiger partial charge >= 0.3 is 6.03 Å². The van der Waals surface area contributed by atoms with Crippen molar-refractivity contribution in [1.29, 1.82) is 0 Å². The van der Waals surface area contributed by atoms with Crippen LogP contribution >= 0.6 is 0 Å². The molecule has 1 saturated heterocycles. The first-order valence-corrected chi connectivity index (χ1v) is 7.59. The number of pyridine rings is 1. The maximum atomic E-state index is 13.9. The smallest absolute Gasteiger partial charge is 0.289 e. The lowest BCUT2D eigenvalue weighted by Gasteiger charge is -2.26. The van der Waals surface area contributed by atoms with Gasteiger partial charge in [-0.2, -0.15) is 12.8 Å². The van der Waals surface area contributed by atoms with Crippen molar-refractivity contribution < 1.29 is 27.0 Å². The van der Waals surface area contributed by atoms with E-state index in [0.29, 0.717) is 0 Å². The number of aryl methyl sites for hydroxylation is 1. The van der Waals surface area contributed by atoms with Gasteiger partial charge in [0.05, 0.1) is 5.75 Å². The Balaban J connectivity index is 2.16. The maximum Gasteiger partial charge on any atom is 0.328 e. The van der Waals surface area contributed by atoms with Gasteiger partial charge in [-0.3, -0.25) is 19.6 Å². The molecule has 0 unspecified atom stereocenters. The topological polar surface area (TPSA) is 117 Å². The fourth-order valence-corrected chi connectivity index (χ4v) is 2.30. The van der Waals surface area contributed by atoms with Gasteiger partial charge in [0.1, 0.15) is 5.69 Å². The Morgan fingerprint density at radius 1 is 1.38 bits per heavy atom. The van der Waals surface area contributed by atoms with Crippen molar-refractivity contribution >= 4 is 27.7 Å². The predicted octanol–water partition coefficient (Wildman–Crippen LogP) is 0.0973. The lowest BCUT2D eigenvalue weighted by Crippen LogP contribution is -2.50. The maximum absolute atomic E-state index is 13.9. The molecule has 2 heterocycles. The first-order valence-electron chi connectivity index (χ1n) is 5.98. The Morgan fingerprint density at radius 2 is 2.10 bits per heavy atom. The molecule has 2 rings (SSSR count). The number of amides is 3. The molecule has 0 spiro atoms. The Kier molecular flexibility index (Phi) is 4.19. The van der Waals surface area contributed by atoms with E-state index in [9.17, 15) is 22.4 Å². The molecule has 10 heteroatoms. The fourth-order valence-electron chi connectivity index (χ4n) is 1.83. The Bertz CT molecular complexity index is 691. The Hall–Kier alpha value is -2.07. The fraction of sp³-hybridized carbons (Fsp3) is 0.364. The molecule has 2 N–H and O–H groups in total. The van der Waals surface area contributed by atoms with Crippen LogP contribution in [0, 0.1) is 5.95 Å². The number of carbonyl (C=O) groups excluding carboxylic acids is 2. The van der Waals surface area contributed by atoms with Gasteiger partial charge in [0, 0.05) is 25.1 Å². The van der Waals surface area contributed by atoms with Crippen LogP contribution in [-0.4, -0.2) is 42.2 Å². The van der Waals surface area contributed by atoms with Crippen molar-refractivity contribution in [2.75, 3.05) is 17.2 Å². The highest BCUT2D eigenvalue weighted by molar-refractivity contribution is 7.85. The number of nitrogens with one attached hydrogen (secondary N) is 1. The summed E-state index contributed by atoms with van der Waals surface area (Å²) in [7, 11) is -4.16. The van der Waals surface area contributed by atoms with Gasteiger partial charge in [0.15, 0.2) is 0 Å². The number of nitrogens with zero attached hydrogens (tertiary/aromatic N) is 2. The molecule has 21 heavy (non-hydrogen) atoms. The van der Waals surface area contributed by atoms with E-state index in [1.54, 1.807) is 0 Å². The van der Waals surface area contributed by atoms with E-state index < -0.39 is 33.8 Å². The molecule has 0 saturated carbocycles. The molecule has 3 amide bonds. The molecule has 0 atom stereocenters. The molecular weight excluding hydrogens is 305 g/mol. The van der Waals surface area contributed by atoms with Gasteiger partial charge in [-0.15, -0.1) is 0 Å². The number of hydrogen-bond acceptors (Lipinski definition) is 5. The predicted molar refractivity (Wildman–Crippen MR) is 69.8 cm³/mol. The number of rotatable bonds is 4. The van der Waals surface area contributed by atoms with Crippen LogP contribution in [0.3, 0.4) is 0 Å². The number of anilines is 1. The van der Waals surface area contributed by atoms with Crippen LogP contribution in [0.15, 0.2) is 12.1 Å². The third-order valence-electron chi connectivity index (χ3n) is 2.85. The first kappa shape index (κ1) is 15.3. The van der Waals surface area contributed by atoms with Crippen molar-refractivity contribution in [1.82, 2.24) is 10.3 Å². The van der Waals surface area contributed by atoms with E-state index in [1.807, 2.05) is 0 Å². The van der Waals surface area contributed by atoms with Crippen molar-refractivity contribution in [3.63, 3.8) is 0 Å². The summed E-state index contributed by atoms with van der Waals surface area (Å²) < 4.78 is 43.8. The quantitative estimate of drug-likeness (QED) is 0.601. The van der Waals surface area contributed by atoms with E-state index in [2.05, 4.69) is 10.3 Å². The standard InChI is InChI=1S/C11H12FN3O5S/c12-10-8(15-5-3-9(16)14-11(15)17)2-1-7(13-10)4-6-21(18,19)20/h1-2H,3-6H2,(H,14,16,17)(H,18,19,20). The van der Waals surface area contributed by atoms with E-state index in [1.165, 1.54) is 12.1 Å². The SMILES string of the molecule is O=C1CCN(c2ccc(CCS(=O)(=O)O)nc2F)C(=O)N1. The van der Waals surface area contributed by atoms with Crippen molar-refractivity contribution in [2.45, 2.75) is 12.8 Å². The summed E-state index contributed by atoms with van der Waals surface area (Å²) in [6.07, 6.45) is -0.101. The summed E-state index contributed by atoms with van der Waals surface area (Å²) in [5, 5.41) is 2.06. The monoisotopic (exact) mass is 317 g/mol. The number of imide groups is 1. The summed E-state index contributed by atoms with van der Waals surface area (Å²) in [5.74, 6) is -1.96. The van der Waals surface area contributed by atoms with Crippen LogP contribution in [0.25, 0.3) is 0 Å². The first-order chi connectivity index (χ1) is 9.76. The zero-order valence-corrected chi connectivity index (χ0v) is 11.6. The van der Waals surface area contributed by atoms with E-state index in [0.717, 1.165) is 4.90 Å². The molecule has 0 aromatic carbocycles. The van der Waals surface area contributed by atoms with Crippen LogP contribution in [0.4, 0.5) is 14.9 Å². The normalized spacial score (nSPS) is 16.0. The largest absolute Gasteiger partial charge is 0.328 e. The average Bonchev–Trinajstić information content (AvgIpc) is 2.37. The van der Waals surface area contributed by atoms with Crippen LogP contribution < -0.4 is 10.2 Å². The lowest BCUT2D eigenvalue weighted by molar-refractivity contribution is -0.120. The summed E-state index contributed by atoms with van der Waals surface area (Å²) in [6, 6.07) is 1.89. The van der Waals surface area contributed by atoms with Gasteiger partial charge in [-0.05, 0) is 12.1 Å². The molecule has 0 bridgehead atoms. The van der Waals surface area contributed by atoms with Gasteiger partial charge < -0.3 is 0 Å². The number of carbonyl (C=O) groups is 2. The van der Waals surface area contributed by atoms with Crippen molar-refractivity contribution in [2.24, 2.45) is 0 Å². The van der Waals surface area contributed by atoms with Gasteiger partial charge in [-0.1, -0.05) is 0 Å². The summed E-state index contributed by atoms with van der Waals surface area (Å²) in [4.78, 5) is 27.2. The number of urea groups is 1. The molecule has 1 fully saturated rings. The molecule has 8 nitrogen and oxygen atoms in total. The average molecular weight is 317 g/mol. The van der Waals surface area contributed by atoms with Crippen LogP contribution in [0.1, 0.15) is 12.1 Å². The minimum atomic E-state index is -4.16. The number of halogens is 1. The van der Waals surface area contributed by atoms with Crippen LogP contribution in [0.5, 0.6) is 0 Å². The number of hydrogen-bond donors (Lipinski definition) is 2. The minimum absolute atomic E-state index is 0.0353. The number of aromatic nitrogens is 1. The van der Waals surface area contributed by atoms with Crippen molar-refractivity contribution in [3.05, 3.63) is 23.8 Å². The highest BCUT2D eigenvalue weighted by Gasteiger charge is 2.26. The zero-order valence-electron chi connectivity index (χ0n) is 10.7. The second kappa shape index (κ2) is 5.74. The molecular formula is C11H12FN3O5S. The highest BCUT2D eigenvalue weighted by atomic mass is 32.2. The van der Waals surface area contributed by atoms with E-state index in [4.69, 9.17) is 4.55 Å². The van der Waals surface area contributed by atoms with E-state index >= 15 is 0 Å². The summed E-state index contributed by atoms with van der Waals surface area (Å²) in [5.41, 5.74) is 0.0259. The molecule has 1 aromatic heterocycles. The van der Waals surface area contributed by atoms with Crippen molar-refractivity contribution in [3.8, 4) is 0 Å². The third-order valence-corrected chi connectivity index (χ3v) is 3.57.